The minimum atomic E-state index is 0.301. The van der Waals surface area contributed by atoms with Gasteiger partial charge >= 0.3 is 0 Å². The first-order valence-electron chi connectivity index (χ1n) is 7.16. The molecule has 6 heteroatoms. The molecule has 1 aromatic carbocycles. The van der Waals surface area contributed by atoms with Gasteiger partial charge in [-0.05, 0) is 23.2 Å². The van der Waals surface area contributed by atoms with Crippen LogP contribution in [-0.4, -0.2) is 36.3 Å². The van der Waals surface area contributed by atoms with Crippen molar-refractivity contribution < 1.29 is 4.74 Å². The average Bonchev–Trinajstić information content (AvgIpc) is 2.99. The maximum absolute atomic E-state index is 6.12. The van der Waals surface area contributed by atoms with Gasteiger partial charge in [0.25, 0.3) is 0 Å². The SMILES string of the molecule is Clc1nc(N2CCOCC2)c2cc(-c3ccccc3)sc2n1. The second-order valence-electron chi connectivity index (χ2n) is 5.11. The summed E-state index contributed by atoms with van der Waals surface area (Å²) in [4.78, 5) is 13.2. The lowest BCUT2D eigenvalue weighted by Crippen LogP contribution is -2.36. The summed E-state index contributed by atoms with van der Waals surface area (Å²) in [5, 5.41) is 1.37. The first kappa shape index (κ1) is 13.9. The van der Waals surface area contributed by atoms with Crippen molar-refractivity contribution in [3.63, 3.8) is 0 Å². The highest BCUT2D eigenvalue weighted by Crippen LogP contribution is 2.37. The molecule has 0 atom stereocenters. The number of rotatable bonds is 2. The van der Waals surface area contributed by atoms with Crippen LogP contribution in [0.1, 0.15) is 0 Å². The van der Waals surface area contributed by atoms with Gasteiger partial charge < -0.3 is 9.64 Å². The molecule has 3 aromatic rings. The van der Waals surface area contributed by atoms with E-state index in [1.807, 2.05) is 18.2 Å². The zero-order valence-electron chi connectivity index (χ0n) is 11.8. The summed E-state index contributed by atoms with van der Waals surface area (Å²) in [5.41, 5.74) is 1.19. The van der Waals surface area contributed by atoms with Crippen LogP contribution < -0.4 is 4.90 Å². The molecule has 112 valence electrons. The van der Waals surface area contributed by atoms with Crippen LogP contribution in [0.4, 0.5) is 5.82 Å². The van der Waals surface area contributed by atoms with Crippen molar-refractivity contribution in [1.29, 1.82) is 0 Å². The molecule has 1 aliphatic heterocycles. The Bertz CT molecular complexity index is 800. The summed E-state index contributed by atoms with van der Waals surface area (Å²) < 4.78 is 5.42. The van der Waals surface area contributed by atoms with Crippen molar-refractivity contribution in [3.8, 4) is 10.4 Å². The summed E-state index contributed by atoms with van der Waals surface area (Å²) in [6.45, 7) is 3.11. The molecule has 3 heterocycles. The molecule has 0 unspecified atom stereocenters. The van der Waals surface area contributed by atoms with Gasteiger partial charge in [0.05, 0.1) is 18.6 Å². The Morgan fingerprint density at radius 1 is 1.09 bits per heavy atom. The molecule has 0 aliphatic carbocycles. The number of halogens is 1. The third-order valence-corrected chi connectivity index (χ3v) is 4.96. The number of fused-ring (bicyclic) bond motifs is 1. The molecule has 0 bridgehead atoms. The Kier molecular flexibility index (Phi) is 3.70. The summed E-state index contributed by atoms with van der Waals surface area (Å²) in [6.07, 6.45) is 0. The normalized spacial score (nSPS) is 15.4. The van der Waals surface area contributed by atoms with E-state index >= 15 is 0 Å². The van der Waals surface area contributed by atoms with Gasteiger partial charge in [0.2, 0.25) is 5.28 Å². The molecule has 1 saturated heterocycles. The first-order valence-corrected chi connectivity index (χ1v) is 8.36. The summed E-state index contributed by atoms with van der Waals surface area (Å²) in [6, 6.07) is 12.5. The van der Waals surface area contributed by atoms with E-state index in [-0.39, 0.29) is 0 Å². The maximum Gasteiger partial charge on any atom is 0.225 e. The fraction of sp³-hybridized carbons (Fsp3) is 0.250. The Hall–Kier alpha value is -1.69. The summed E-state index contributed by atoms with van der Waals surface area (Å²) >= 11 is 7.77. The molecule has 4 rings (SSSR count). The highest BCUT2D eigenvalue weighted by Gasteiger charge is 2.19. The molecular weight excluding hydrogens is 318 g/mol. The smallest absolute Gasteiger partial charge is 0.225 e. The molecule has 2 aromatic heterocycles. The van der Waals surface area contributed by atoms with Crippen LogP contribution in [0.25, 0.3) is 20.7 Å². The zero-order chi connectivity index (χ0) is 14.9. The minimum Gasteiger partial charge on any atom is -0.378 e. The molecule has 22 heavy (non-hydrogen) atoms. The van der Waals surface area contributed by atoms with Gasteiger partial charge in [-0.25, -0.2) is 4.98 Å². The Morgan fingerprint density at radius 2 is 1.86 bits per heavy atom. The van der Waals surface area contributed by atoms with Gasteiger partial charge in [-0.2, -0.15) is 4.98 Å². The second-order valence-corrected chi connectivity index (χ2v) is 6.48. The standard InChI is InChI=1S/C16H14ClN3OS/c17-16-18-14(20-6-8-21-9-7-20)12-10-13(22-15(12)19-16)11-4-2-1-3-5-11/h1-5,10H,6-9H2. The van der Waals surface area contributed by atoms with Crippen LogP contribution in [0.2, 0.25) is 5.28 Å². The molecule has 1 aliphatic rings. The Morgan fingerprint density at radius 3 is 2.64 bits per heavy atom. The van der Waals surface area contributed by atoms with Gasteiger partial charge in [-0.15, -0.1) is 11.3 Å². The van der Waals surface area contributed by atoms with E-state index in [0.29, 0.717) is 5.28 Å². The number of anilines is 1. The van der Waals surface area contributed by atoms with Gasteiger partial charge in [0.15, 0.2) is 0 Å². The molecule has 0 amide bonds. The second kappa shape index (κ2) is 5.83. The average molecular weight is 332 g/mol. The topological polar surface area (TPSA) is 38.2 Å². The molecule has 0 spiro atoms. The Balaban J connectivity index is 1.84. The summed E-state index contributed by atoms with van der Waals surface area (Å²) in [5.74, 6) is 0.914. The lowest BCUT2D eigenvalue weighted by Gasteiger charge is -2.28. The van der Waals surface area contributed by atoms with E-state index in [1.54, 1.807) is 11.3 Å². The number of aromatic nitrogens is 2. The molecule has 0 saturated carbocycles. The van der Waals surface area contributed by atoms with Crippen molar-refractivity contribution in [3.05, 3.63) is 41.7 Å². The number of thiophene rings is 1. The zero-order valence-corrected chi connectivity index (χ0v) is 13.4. The van der Waals surface area contributed by atoms with Crippen LogP contribution in [0.5, 0.6) is 0 Å². The highest BCUT2D eigenvalue weighted by atomic mass is 35.5. The summed E-state index contributed by atoms with van der Waals surface area (Å²) in [7, 11) is 0. The van der Waals surface area contributed by atoms with Gasteiger partial charge in [-0.1, -0.05) is 30.3 Å². The van der Waals surface area contributed by atoms with Crippen LogP contribution in [-0.2, 0) is 4.74 Å². The minimum absolute atomic E-state index is 0.301. The van der Waals surface area contributed by atoms with E-state index < -0.39 is 0 Å². The molecular formula is C16H14ClN3OS. The van der Waals surface area contributed by atoms with E-state index in [2.05, 4.69) is 33.1 Å². The number of hydrogen-bond donors (Lipinski definition) is 0. The molecule has 0 N–H and O–H groups in total. The maximum atomic E-state index is 6.12. The van der Waals surface area contributed by atoms with Crippen LogP contribution in [0.15, 0.2) is 36.4 Å². The van der Waals surface area contributed by atoms with Crippen molar-refractivity contribution in [1.82, 2.24) is 9.97 Å². The Labute approximate surface area is 137 Å². The quantitative estimate of drug-likeness (QED) is 0.669. The molecule has 1 fully saturated rings. The monoisotopic (exact) mass is 331 g/mol. The predicted octanol–water partition coefficient (Wildman–Crippen LogP) is 3.85. The first-order chi connectivity index (χ1) is 10.8. The van der Waals surface area contributed by atoms with E-state index in [1.165, 1.54) is 10.4 Å². The lowest BCUT2D eigenvalue weighted by molar-refractivity contribution is 0.122. The lowest BCUT2D eigenvalue weighted by atomic mass is 10.2. The third kappa shape index (κ3) is 2.56. The molecule has 0 radical (unpaired) electrons. The van der Waals surface area contributed by atoms with E-state index in [4.69, 9.17) is 16.3 Å². The number of hydrogen-bond acceptors (Lipinski definition) is 5. The number of benzene rings is 1. The van der Waals surface area contributed by atoms with Crippen LogP contribution in [0.3, 0.4) is 0 Å². The van der Waals surface area contributed by atoms with Crippen molar-refractivity contribution in [2.24, 2.45) is 0 Å². The van der Waals surface area contributed by atoms with Gasteiger partial charge in [0.1, 0.15) is 10.6 Å². The third-order valence-electron chi connectivity index (χ3n) is 3.71. The van der Waals surface area contributed by atoms with Gasteiger partial charge in [-0.3, -0.25) is 0 Å². The fourth-order valence-electron chi connectivity index (χ4n) is 2.64. The fourth-order valence-corrected chi connectivity index (χ4v) is 3.89. The largest absolute Gasteiger partial charge is 0.378 e. The van der Waals surface area contributed by atoms with Crippen LogP contribution >= 0.6 is 22.9 Å². The van der Waals surface area contributed by atoms with Crippen LogP contribution in [0, 0.1) is 0 Å². The number of morpholine rings is 1. The number of ether oxygens (including phenoxy) is 1. The van der Waals surface area contributed by atoms with Crippen molar-refractivity contribution in [2.45, 2.75) is 0 Å². The van der Waals surface area contributed by atoms with E-state index in [0.717, 1.165) is 42.3 Å². The van der Waals surface area contributed by atoms with E-state index in [9.17, 15) is 0 Å². The van der Waals surface area contributed by atoms with Gasteiger partial charge in [0, 0.05) is 18.0 Å². The highest BCUT2D eigenvalue weighted by molar-refractivity contribution is 7.22. The predicted molar refractivity (Wildman–Crippen MR) is 90.9 cm³/mol. The molecule has 4 nitrogen and oxygen atoms in total. The van der Waals surface area contributed by atoms with Crippen molar-refractivity contribution >= 4 is 39.0 Å². The number of nitrogens with zero attached hydrogens (tertiary/aromatic N) is 3. The van der Waals surface area contributed by atoms with Crippen molar-refractivity contribution in [2.75, 3.05) is 31.2 Å².